The van der Waals surface area contributed by atoms with E-state index in [1.807, 2.05) is 0 Å². The zero-order chi connectivity index (χ0) is 11.7. The fraction of sp³-hybridized carbons (Fsp3) is 0.833. The van der Waals surface area contributed by atoms with Crippen molar-refractivity contribution < 1.29 is 9.63 Å². The van der Waals surface area contributed by atoms with Gasteiger partial charge in [-0.05, 0) is 25.7 Å². The second kappa shape index (κ2) is 4.74. The van der Waals surface area contributed by atoms with Gasteiger partial charge < -0.3 is 9.63 Å². The van der Waals surface area contributed by atoms with E-state index in [2.05, 4.69) is 15.0 Å². The third-order valence-electron chi connectivity index (χ3n) is 3.74. The summed E-state index contributed by atoms with van der Waals surface area (Å²) in [4.78, 5) is 6.69. The number of hydrogen-bond acceptors (Lipinski definition) is 5. The molecule has 2 aliphatic carbocycles. The molecule has 0 unspecified atom stereocenters. The lowest BCUT2D eigenvalue weighted by Gasteiger charge is -2.36. The van der Waals surface area contributed by atoms with Crippen LogP contribution in [0.25, 0.3) is 0 Å². The Morgan fingerprint density at radius 1 is 1.29 bits per heavy atom. The van der Waals surface area contributed by atoms with Gasteiger partial charge in [-0.25, -0.2) is 0 Å². The van der Waals surface area contributed by atoms with Crippen LogP contribution in [0.1, 0.15) is 49.7 Å². The molecule has 1 aromatic rings. The highest BCUT2D eigenvalue weighted by Crippen LogP contribution is 2.38. The van der Waals surface area contributed by atoms with E-state index < -0.39 is 0 Å². The van der Waals surface area contributed by atoms with Crippen LogP contribution in [0.3, 0.4) is 0 Å². The molecule has 5 heteroatoms. The SMILES string of the molecule is OCCN(Cc1nc(C2CC2)no1)C1CCC1. The van der Waals surface area contributed by atoms with E-state index in [0.717, 1.165) is 5.82 Å². The normalized spacial score (nSPS) is 20.8. The summed E-state index contributed by atoms with van der Waals surface area (Å²) in [6.07, 6.45) is 6.14. The first-order valence-corrected chi connectivity index (χ1v) is 6.54. The smallest absolute Gasteiger partial charge is 0.240 e. The van der Waals surface area contributed by atoms with Crippen molar-refractivity contribution in [1.82, 2.24) is 15.0 Å². The summed E-state index contributed by atoms with van der Waals surface area (Å²) in [7, 11) is 0. The van der Waals surface area contributed by atoms with Gasteiger partial charge in [0.25, 0.3) is 0 Å². The van der Waals surface area contributed by atoms with Gasteiger partial charge >= 0.3 is 0 Å². The highest BCUT2D eigenvalue weighted by molar-refractivity contribution is 5.03. The topological polar surface area (TPSA) is 62.4 Å². The molecule has 5 nitrogen and oxygen atoms in total. The molecule has 3 rings (SSSR count). The fourth-order valence-corrected chi connectivity index (χ4v) is 2.28. The van der Waals surface area contributed by atoms with Gasteiger partial charge in [0.05, 0.1) is 13.2 Å². The Morgan fingerprint density at radius 2 is 2.12 bits per heavy atom. The molecule has 94 valence electrons. The van der Waals surface area contributed by atoms with Crippen LogP contribution in [-0.4, -0.2) is 39.3 Å². The summed E-state index contributed by atoms with van der Waals surface area (Å²) in [5.41, 5.74) is 0. The van der Waals surface area contributed by atoms with Crippen molar-refractivity contribution in [3.63, 3.8) is 0 Å². The van der Waals surface area contributed by atoms with Gasteiger partial charge in [0.15, 0.2) is 5.82 Å². The van der Waals surface area contributed by atoms with Crippen LogP contribution < -0.4 is 0 Å². The average molecular weight is 237 g/mol. The Balaban J connectivity index is 1.61. The van der Waals surface area contributed by atoms with Crippen LogP contribution in [-0.2, 0) is 6.54 Å². The zero-order valence-corrected chi connectivity index (χ0v) is 10.0. The molecule has 2 saturated carbocycles. The molecule has 0 aliphatic heterocycles. The predicted molar refractivity (Wildman–Crippen MR) is 61.4 cm³/mol. The van der Waals surface area contributed by atoms with Crippen LogP contribution in [0.2, 0.25) is 0 Å². The minimum Gasteiger partial charge on any atom is -0.395 e. The second-order valence-electron chi connectivity index (χ2n) is 5.10. The lowest BCUT2D eigenvalue weighted by molar-refractivity contribution is 0.0838. The van der Waals surface area contributed by atoms with E-state index in [1.165, 1.54) is 32.1 Å². The van der Waals surface area contributed by atoms with Crippen molar-refractivity contribution in [3.05, 3.63) is 11.7 Å². The fourth-order valence-electron chi connectivity index (χ4n) is 2.28. The van der Waals surface area contributed by atoms with Crippen molar-refractivity contribution in [2.24, 2.45) is 0 Å². The Labute approximate surface area is 101 Å². The molecular weight excluding hydrogens is 218 g/mol. The molecule has 0 saturated heterocycles. The maximum atomic E-state index is 9.08. The summed E-state index contributed by atoms with van der Waals surface area (Å²) in [5.74, 6) is 2.12. The van der Waals surface area contributed by atoms with E-state index in [9.17, 15) is 0 Å². The molecule has 0 aromatic carbocycles. The molecule has 1 aromatic heterocycles. The molecule has 17 heavy (non-hydrogen) atoms. The highest BCUT2D eigenvalue weighted by atomic mass is 16.5. The van der Waals surface area contributed by atoms with Gasteiger partial charge in [-0.1, -0.05) is 11.6 Å². The number of aliphatic hydroxyl groups is 1. The molecule has 1 heterocycles. The second-order valence-corrected chi connectivity index (χ2v) is 5.10. The molecule has 2 aliphatic rings. The van der Waals surface area contributed by atoms with Crippen molar-refractivity contribution >= 4 is 0 Å². The van der Waals surface area contributed by atoms with Crippen LogP contribution >= 0.6 is 0 Å². The Hall–Kier alpha value is -0.940. The lowest BCUT2D eigenvalue weighted by Crippen LogP contribution is -2.41. The van der Waals surface area contributed by atoms with E-state index in [0.29, 0.717) is 30.9 Å². The number of aromatic nitrogens is 2. The molecule has 0 amide bonds. The number of hydrogen-bond donors (Lipinski definition) is 1. The zero-order valence-electron chi connectivity index (χ0n) is 10.0. The highest BCUT2D eigenvalue weighted by Gasteiger charge is 2.30. The maximum Gasteiger partial charge on any atom is 0.240 e. The predicted octanol–water partition coefficient (Wildman–Crippen LogP) is 1.29. The molecule has 2 fully saturated rings. The largest absolute Gasteiger partial charge is 0.395 e. The van der Waals surface area contributed by atoms with E-state index >= 15 is 0 Å². The van der Waals surface area contributed by atoms with Gasteiger partial charge in [-0.2, -0.15) is 4.98 Å². The van der Waals surface area contributed by atoms with Gasteiger partial charge in [0.1, 0.15) is 0 Å². The van der Waals surface area contributed by atoms with Gasteiger partial charge in [-0.15, -0.1) is 0 Å². The quantitative estimate of drug-likeness (QED) is 0.808. The van der Waals surface area contributed by atoms with Gasteiger partial charge in [-0.3, -0.25) is 4.90 Å². The van der Waals surface area contributed by atoms with Crippen LogP contribution in [0.4, 0.5) is 0 Å². The van der Waals surface area contributed by atoms with Crippen LogP contribution in [0.15, 0.2) is 4.52 Å². The van der Waals surface area contributed by atoms with Crippen LogP contribution in [0.5, 0.6) is 0 Å². The summed E-state index contributed by atoms with van der Waals surface area (Å²) >= 11 is 0. The maximum absolute atomic E-state index is 9.08. The van der Waals surface area contributed by atoms with Crippen molar-refractivity contribution in [2.75, 3.05) is 13.2 Å². The Bertz CT molecular complexity index is 372. The number of rotatable bonds is 6. The molecule has 0 radical (unpaired) electrons. The summed E-state index contributed by atoms with van der Waals surface area (Å²) < 4.78 is 5.28. The summed E-state index contributed by atoms with van der Waals surface area (Å²) in [5, 5.41) is 13.1. The van der Waals surface area contributed by atoms with E-state index in [-0.39, 0.29) is 6.61 Å². The minimum atomic E-state index is 0.195. The summed E-state index contributed by atoms with van der Waals surface area (Å²) in [6, 6.07) is 0.596. The van der Waals surface area contributed by atoms with Crippen molar-refractivity contribution in [2.45, 2.75) is 50.6 Å². The first kappa shape index (κ1) is 11.2. The van der Waals surface area contributed by atoms with Crippen molar-refractivity contribution in [3.8, 4) is 0 Å². The van der Waals surface area contributed by atoms with E-state index in [1.54, 1.807) is 0 Å². The molecule has 0 bridgehead atoms. The molecule has 0 atom stereocenters. The molecule has 1 N–H and O–H groups in total. The van der Waals surface area contributed by atoms with Gasteiger partial charge in [0.2, 0.25) is 5.89 Å². The standard InChI is InChI=1S/C12H19N3O2/c16-7-6-15(10-2-1-3-10)8-11-13-12(14-17-11)9-4-5-9/h9-10,16H,1-8H2. The number of aliphatic hydroxyl groups excluding tert-OH is 1. The molecule has 0 spiro atoms. The Kier molecular flexibility index (Phi) is 3.11. The summed E-state index contributed by atoms with van der Waals surface area (Å²) in [6.45, 7) is 1.58. The third-order valence-corrected chi connectivity index (χ3v) is 3.74. The number of nitrogens with zero attached hydrogens (tertiary/aromatic N) is 3. The lowest BCUT2D eigenvalue weighted by atomic mass is 9.91. The van der Waals surface area contributed by atoms with Crippen molar-refractivity contribution in [1.29, 1.82) is 0 Å². The average Bonchev–Trinajstić information content (AvgIpc) is 2.98. The first-order chi connectivity index (χ1) is 8.36. The Morgan fingerprint density at radius 3 is 2.71 bits per heavy atom. The van der Waals surface area contributed by atoms with Crippen LogP contribution in [0, 0.1) is 0 Å². The van der Waals surface area contributed by atoms with Gasteiger partial charge in [0, 0.05) is 18.5 Å². The first-order valence-electron chi connectivity index (χ1n) is 6.54. The van der Waals surface area contributed by atoms with E-state index in [4.69, 9.17) is 9.63 Å². The monoisotopic (exact) mass is 237 g/mol. The minimum absolute atomic E-state index is 0.195. The third kappa shape index (κ3) is 2.50. The molecular formula is C12H19N3O2.